The molecule has 1 atom stereocenters. The molecule has 1 aliphatic rings. The van der Waals surface area contributed by atoms with E-state index in [2.05, 4.69) is 51.2 Å². The number of nitrogens with one attached hydrogen (secondary N) is 1. The molecule has 0 aliphatic carbocycles. The van der Waals surface area contributed by atoms with Crippen LogP contribution in [0.5, 0.6) is 0 Å². The summed E-state index contributed by atoms with van der Waals surface area (Å²) in [6.45, 7) is 8.72. The summed E-state index contributed by atoms with van der Waals surface area (Å²) in [7, 11) is 0. The lowest BCUT2D eigenvalue weighted by molar-refractivity contribution is 0.443. The second-order valence-corrected chi connectivity index (χ2v) is 6.39. The molecule has 0 radical (unpaired) electrons. The van der Waals surface area contributed by atoms with Crippen molar-refractivity contribution in [3.05, 3.63) is 29.3 Å². The van der Waals surface area contributed by atoms with E-state index >= 15 is 0 Å². The lowest BCUT2D eigenvalue weighted by Crippen LogP contribution is -2.29. The number of amidine groups is 1. The van der Waals surface area contributed by atoms with Gasteiger partial charge in [-0.05, 0) is 50.8 Å². The topological polar surface area (TPSA) is 24.4 Å². The normalized spacial score (nSPS) is 23.7. The maximum atomic E-state index is 4.87. The lowest BCUT2D eigenvalue weighted by atomic mass is 9.97. The molecule has 0 saturated carbocycles. The van der Waals surface area contributed by atoms with Gasteiger partial charge in [0, 0.05) is 11.4 Å². The number of hydrogen-bond donors (Lipinski definition) is 1. The van der Waals surface area contributed by atoms with Crippen molar-refractivity contribution in [3.8, 4) is 0 Å². The molecule has 1 aliphatic heterocycles. The maximum absolute atomic E-state index is 4.87. The molecule has 0 aromatic heterocycles. The van der Waals surface area contributed by atoms with Crippen LogP contribution in [0.3, 0.4) is 0 Å². The van der Waals surface area contributed by atoms with Crippen LogP contribution in [-0.4, -0.2) is 16.5 Å². The van der Waals surface area contributed by atoms with Crippen LogP contribution in [0.1, 0.15) is 37.8 Å². The largest absolute Gasteiger partial charge is 0.335 e. The first-order valence-electron chi connectivity index (χ1n) is 6.59. The molecule has 3 heteroatoms. The number of aryl methyl sites for hydroxylation is 2. The third kappa shape index (κ3) is 3.08. The number of anilines is 1. The summed E-state index contributed by atoms with van der Waals surface area (Å²) in [5, 5.41) is 4.56. The predicted molar refractivity (Wildman–Crippen MR) is 82.7 cm³/mol. The number of thioether (sulfide) groups is 1. The maximum Gasteiger partial charge on any atom is 0.161 e. The van der Waals surface area contributed by atoms with E-state index in [0.29, 0.717) is 0 Å². The SMILES string of the molecule is CCC1(C)CCSC(Nc2cc(C)ccc2C)=N1. The van der Waals surface area contributed by atoms with Crippen molar-refractivity contribution in [1.82, 2.24) is 0 Å². The average molecular weight is 262 g/mol. The molecule has 18 heavy (non-hydrogen) atoms. The molecule has 98 valence electrons. The van der Waals surface area contributed by atoms with Gasteiger partial charge in [-0.3, -0.25) is 4.99 Å². The second kappa shape index (κ2) is 5.35. The van der Waals surface area contributed by atoms with Gasteiger partial charge in [-0.2, -0.15) is 0 Å². The van der Waals surface area contributed by atoms with Crippen molar-refractivity contribution in [2.45, 2.75) is 46.1 Å². The molecule has 0 saturated heterocycles. The van der Waals surface area contributed by atoms with Crippen LogP contribution in [0.25, 0.3) is 0 Å². The molecule has 0 fully saturated rings. The van der Waals surface area contributed by atoms with E-state index in [1.54, 1.807) is 0 Å². The quantitative estimate of drug-likeness (QED) is 0.855. The van der Waals surface area contributed by atoms with Gasteiger partial charge >= 0.3 is 0 Å². The number of benzene rings is 1. The van der Waals surface area contributed by atoms with Crippen molar-refractivity contribution in [1.29, 1.82) is 0 Å². The Kier molecular flexibility index (Phi) is 4.00. The smallest absolute Gasteiger partial charge is 0.161 e. The van der Waals surface area contributed by atoms with Crippen LogP contribution in [0.15, 0.2) is 23.2 Å². The van der Waals surface area contributed by atoms with Crippen molar-refractivity contribution in [3.63, 3.8) is 0 Å². The van der Waals surface area contributed by atoms with Crippen LogP contribution in [-0.2, 0) is 0 Å². The van der Waals surface area contributed by atoms with Crippen molar-refractivity contribution < 1.29 is 0 Å². The Morgan fingerprint density at radius 3 is 2.89 bits per heavy atom. The highest BCUT2D eigenvalue weighted by Crippen LogP contribution is 2.30. The molecule has 1 aromatic carbocycles. The Bertz CT molecular complexity index is 468. The van der Waals surface area contributed by atoms with Gasteiger partial charge in [-0.15, -0.1) is 0 Å². The third-order valence-electron chi connectivity index (χ3n) is 3.65. The number of hydrogen-bond acceptors (Lipinski definition) is 3. The number of nitrogens with zero attached hydrogens (tertiary/aromatic N) is 1. The van der Waals surface area contributed by atoms with Gasteiger partial charge in [-0.1, -0.05) is 30.8 Å². The summed E-state index contributed by atoms with van der Waals surface area (Å²) in [5.74, 6) is 1.15. The summed E-state index contributed by atoms with van der Waals surface area (Å²) in [5.41, 5.74) is 3.85. The van der Waals surface area contributed by atoms with Crippen molar-refractivity contribution >= 4 is 22.6 Å². The number of aliphatic imine (C=N–C) groups is 1. The zero-order valence-corrected chi connectivity index (χ0v) is 12.5. The Labute approximate surface area is 114 Å². The third-order valence-corrected chi connectivity index (χ3v) is 4.52. The molecular weight excluding hydrogens is 240 g/mol. The highest BCUT2D eigenvalue weighted by atomic mass is 32.2. The Balaban J connectivity index is 2.21. The fourth-order valence-corrected chi connectivity index (χ4v) is 3.21. The average Bonchev–Trinajstić information content (AvgIpc) is 2.34. The van der Waals surface area contributed by atoms with Crippen molar-refractivity contribution in [2.24, 2.45) is 4.99 Å². The first kappa shape index (κ1) is 13.5. The highest BCUT2D eigenvalue weighted by molar-refractivity contribution is 8.14. The lowest BCUT2D eigenvalue weighted by Gasteiger charge is -2.29. The first-order chi connectivity index (χ1) is 8.52. The van der Waals surface area contributed by atoms with Crippen LogP contribution >= 0.6 is 11.8 Å². The van der Waals surface area contributed by atoms with E-state index in [0.717, 1.165) is 17.3 Å². The summed E-state index contributed by atoms with van der Waals surface area (Å²) in [6, 6.07) is 6.49. The van der Waals surface area contributed by atoms with E-state index in [1.807, 2.05) is 11.8 Å². The van der Waals surface area contributed by atoms with Gasteiger partial charge in [0.25, 0.3) is 0 Å². The van der Waals surface area contributed by atoms with Crippen LogP contribution in [0.2, 0.25) is 0 Å². The Morgan fingerprint density at radius 2 is 2.17 bits per heavy atom. The van der Waals surface area contributed by atoms with E-state index in [9.17, 15) is 0 Å². The molecule has 1 heterocycles. The summed E-state index contributed by atoms with van der Waals surface area (Å²) in [6.07, 6.45) is 2.28. The molecule has 1 aromatic rings. The van der Waals surface area contributed by atoms with Crippen LogP contribution in [0.4, 0.5) is 5.69 Å². The monoisotopic (exact) mass is 262 g/mol. The highest BCUT2D eigenvalue weighted by Gasteiger charge is 2.26. The van der Waals surface area contributed by atoms with E-state index in [-0.39, 0.29) is 5.54 Å². The van der Waals surface area contributed by atoms with Gasteiger partial charge in [0.1, 0.15) is 0 Å². The minimum Gasteiger partial charge on any atom is -0.335 e. The molecule has 2 nitrogen and oxygen atoms in total. The molecule has 0 bridgehead atoms. The number of rotatable bonds is 2. The minimum absolute atomic E-state index is 0.116. The van der Waals surface area contributed by atoms with Crippen LogP contribution in [0, 0.1) is 13.8 Å². The predicted octanol–water partition coefficient (Wildman–Crippen LogP) is 4.38. The fraction of sp³-hybridized carbons (Fsp3) is 0.533. The van der Waals surface area contributed by atoms with E-state index in [4.69, 9.17) is 4.99 Å². The summed E-state index contributed by atoms with van der Waals surface area (Å²) in [4.78, 5) is 4.87. The molecule has 1 unspecified atom stereocenters. The molecule has 0 amide bonds. The van der Waals surface area contributed by atoms with Gasteiger partial charge in [0.2, 0.25) is 0 Å². The van der Waals surface area contributed by atoms with Gasteiger partial charge in [0.15, 0.2) is 5.17 Å². The molecular formula is C15H22N2S. The van der Waals surface area contributed by atoms with Gasteiger partial charge < -0.3 is 5.32 Å². The standard InChI is InChI=1S/C15H22N2S/c1-5-15(4)8-9-18-14(17-15)16-13-10-11(2)6-7-12(13)3/h6-7,10H,5,8-9H2,1-4H3,(H,16,17). The Hall–Kier alpha value is -0.960. The minimum atomic E-state index is 0.116. The van der Waals surface area contributed by atoms with E-state index in [1.165, 1.54) is 23.2 Å². The van der Waals surface area contributed by atoms with Crippen molar-refractivity contribution in [2.75, 3.05) is 11.1 Å². The summed E-state index contributed by atoms with van der Waals surface area (Å²) < 4.78 is 0. The first-order valence-corrected chi connectivity index (χ1v) is 7.58. The van der Waals surface area contributed by atoms with Gasteiger partial charge in [-0.25, -0.2) is 0 Å². The second-order valence-electron chi connectivity index (χ2n) is 5.31. The molecule has 1 N–H and O–H groups in total. The van der Waals surface area contributed by atoms with E-state index < -0.39 is 0 Å². The fourth-order valence-electron chi connectivity index (χ4n) is 2.01. The van der Waals surface area contributed by atoms with Crippen LogP contribution < -0.4 is 5.32 Å². The Morgan fingerprint density at radius 1 is 1.39 bits per heavy atom. The molecule has 2 rings (SSSR count). The zero-order chi connectivity index (χ0) is 13.2. The van der Waals surface area contributed by atoms with Gasteiger partial charge in [0.05, 0.1) is 5.54 Å². The summed E-state index contributed by atoms with van der Waals surface area (Å²) >= 11 is 1.83. The molecule has 0 spiro atoms. The zero-order valence-electron chi connectivity index (χ0n) is 11.7.